The highest BCUT2D eigenvalue weighted by atomic mass is 16.3. The molecule has 0 radical (unpaired) electrons. The molecule has 0 saturated heterocycles. The topological polar surface area (TPSA) is 58.3 Å². The second kappa shape index (κ2) is 5.65. The molecule has 1 aromatic heterocycles. The fourth-order valence-electron chi connectivity index (χ4n) is 1.80. The summed E-state index contributed by atoms with van der Waals surface area (Å²) in [6, 6.07) is 2.33. The van der Waals surface area contributed by atoms with Gasteiger partial charge in [0, 0.05) is 12.6 Å². The summed E-state index contributed by atoms with van der Waals surface area (Å²) in [5.41, 5.74) is -0.259. The van der Waals surface area contributed by atoms with E-state index in [1.807, 2.05) is 16.9 Å². The van der Waals surface area contributed by atoms with Crippen LogP contribution in [0, 0.1) is 0 Å². The highest BCUT2D eigenvalue weighted by molar-refractivity contribution is 5.03. The third-order valence-electron chi connectivity index (χ3n) is 3.20. The average molecular weight is 240 g/mol. The van der Waals surface area contributed by atoms with E-state index in [0.29, 0.717) is 12.5 Å². The van der Waals surface area contributed by atoms with Crippen molar-refractivity contribution in [2.75, 3.05) is 0 Å². The third-order valence-corrected chi connectivity index (χ3v) is 3.20. The quantitative estimate of drug-likeness (QED) is 0.798. The van der Waals surface area contributed by atoms with Gasteiger partial charge in [0.05, 0.1) is 23.4 Å². The van der Waals surface area contributed by atoms with Crippen LogP contribution in [0.25, 0.3) is 0 Å². The molecule has 1 atom stereocenters. The van der Waals surface area contributed by atoms with Gasteiger partial charge in [-0.05, 0) is 32.8 Å². The number of aliphatic hydroxyl groups is 2. The highest BCUT2D eigenvalue weighted by Gasteiger charge is 2.25. The van der Waals surface area contributed by atoms with Crippen molar-refractivity contribution in [1.82, 2.24) is 9.78 Å². The summed E-state index contributed by atoms with van der Waals surface area (Å²) in [4.78, 5) is 0. The van der Waals surface area contributed by atoms with Gasteiger partial charge < -0.3 is 10.2 Å². The molecule has 0 aliphatic heterocycles. The summed E-state index contributed by atoms with van der Waals surface area (Å²) in [5.74, 6) is 0. The molecule has 0 aromatic carbocycles. The van der Waals surface area contributed by atoms with Gasteiger partial charge in [-0.1, -0.05) is 13.8 Å². The molecule has 17 heavy (non-hydrogen) atoms. The van der Waals surface area contributed by atoms with E-state index in [4.69, 9.17) is 0 Å². The molecule has 0 saturated carbocycles. The molecule has 0 aliphatic rings. The third kappa shape index (κ3) is 3.82. The fourth-order valence-corrected chi connectivity index (χ4v) is 1.80. The molecule has 1 heterocycles. The zero-order valence-corrected chi connectivity index (χ0v) is 11.2. The number of rotatable bonds is 6. The van der Waals surface area contributed by atoms with Gasteiger partial charge >= 0.3 is 0 Å². The van der Waals surface area contributed by atoms with Gasteiger partial charge in [-0.25, -0.2) is 0 Å². The Kier molecular flexibility index (Phi) is 4.71. The first-order chi connectivity index (χ1) is 7.88. The van der Waals surface area contributed by atoms with E-state index in [1.54, 1.807) is 13.8 Å². The molecular weight excluding hydrogens is 216 g/mol. The Bertz CT molecular complexity index is 337. The Morgan fingerprint density at radius 3 is 2.41 bits per heavy atom. The largest absolute Gasteiger partial charge is 0.390 e. The first-order valence-electron chi connectivity index (χ1n) is 6.33. The van der Waals surface area contributed by atoms with Gasteiger partial charge in [-0.2, -0.15) is 5.10 Å². The lowest BCUT2D eigenvalue weighted by atomic mass is 9.98. The van der Waals surface area contributed by atoms with Crippen molar-refractivity contribution in [3.8, 4) is 0 Å². The minimum Gasteiger partial charge on any atom is -0.390 e. The predicted molar refractivity (Wildman–Crippen MR) is 67.9 cm³/mol. The maximum atomic E-state index is 9.80. The minimum absolute atomic E-state index is 0.386. The molecule has 0 amide bonds. The Morgan fingerprint density at radius 2 is 1.94 bits per heavy atom. The molecule has 0 aliphatic carbocycles. The Balaban J connectivity index is 2.69. The molecule has 98 valence electrons. The molecule has 4 heteroatoms. The summed E-state index contributed by atoms with van der Waals surface area (Å²) >= 11 is 0. The van der Waals surface area contributed by atoms with Gasteiger partial charge in [-0.15, -0.1) is 0 Å². The first-order valence-corrected chi connectivity index (χ1v) is 6.33. The summed E-state index contributed by atoms with van der Waals surface area (Å²) in [7, 11) is 0. The molecule has 4 nitrogen and oxygen atoms in total. The van der Waals surface area contributed by atoms with Gasteiger partial charge in [-0.3, -0.25) is 4.68 Å². The van der Waals surface area contributed by atoms with Crippen LogP contribution in [0.1, 0.15) is 52.3 Å². The monoisotopic (exact) mass is 240 g/mol. The van der Waals surface area contributed by atoms with Crippen molar-refractivity contribution in [2.24, 2.45) is 0 Å². The van der Waals surface area contributed by atoms with E-state index in [2.05, 4.69) is 18.9 Å². The van der Waals surface area contributed by atoms with Crippen LogP contribution in [0.3, 0.4) is 0 Å². The van der Waals surface area contributed by atoms with Crippen LogP contribution in [-0.2, 0) is 6.42 Å². The maximum absolute atomic E-state index is 9.80. The molecule has 2 N–H and O–H groups in total. The molecule has 0 bridgehead atoms. The summed E-state index contributed by atoms with van der Waals surface area (Å²) in [6.45, 7) is 7.49. The van der Waals surface area contributed by atoms with Gasteiger partial charge in [0.15, 0.2) is 0 Å². The van der Waals surface area contributed by atoms with Crippen molar-refractivity contribution in [1.29, 1.82) is 0 Å². The van der Waals surface area contributed by atoms with Crippen LogP contribution >= 0.6 is 0 Å². The summed E-state index contributed by atoms with van der Waals surface area (Å²) in [5, 5.41) is 23.9. The summed E-state index contributed by atoms with van der Waals surface area (Å²) in [6.07, 6.45) is 3.64. The fraction of sp³-hybridized carbons (Fsp3) is 0.769. The van der Waals surface area contributed by atoms with Crippen LogP contribution < -0.4 is 0 Å². The average Bonchev–Trinajstić information content (AvgIpc) is 2.67. The Morgan fingerprint density at radius 1 is 1.35 bits per heavy atom. The van der Waals surface area contributed by atoms with Gasteiger partial charge in [0.1, 0.15) is 0 Å². The van der Waals surface area contributed by atoms with Crippen LogP contribution in [0.4, 0.5) is 0 Å². The van der Waals surface area contributed by atoms with E-state index < -0.39 is 11.7 Å². The zero-order chi connectivity index (χ0) is 13.1. The molecule has 0 fully saturated rings. The Hall–Kier alpha value is -0.870. The minimum atomic E-state index is -1.08. The van der Waals surface area contributed by atoms with Crippen LogP contribution in [0.5, 0.6) is 0 Å². The zero-order valence-electron chi connectivity index (χ0n) is 11.2. The van der Waals surface area contributed by atoms with Crippen molar-refractivity contribution in [2.45, 2.75) is 64.7 Å². The van der Waals surface area contributed by atoms with E-state index in [9.17, 15) is 10.2 Å². The normalized spacial score (nSPS) is 14.3. The standard InChI is InChI=1S/C13H24N2O2/c1-5-11(6-2)15-8-7-10(14-15)9-12(16)13(3,4)17/h7-8,11-12,16-17H,5-6,9H2,1-4H3. The van der Waals surface area contributed by atoms with E-state index in [-0.39, 0.29) is 0 Å². The van der Waals surface area contributed by atoms with Crippen LogP contribution in [0.15, 0.2) is 12.3 Å². The Labute approximate surface area is 103 Å². The molecular formula is C13H24N2O2. The van der Waals surface area contributed by atoms with Crippen molar-refractivity contribution in [3.63, 3.8) is 0 Å². The second-order valence-electron chi connectivity index (χ2n) is 5.13. The van der Waals surface area contributed by atoms with Crippen LogP contribution in [-0.4, -0.2) is 31.7 Å². The van der Waals surface area contributed by atoms with Gasteiger partial charge in [0.2, 0.25) is 0 Å². The second-order valence-corrected chi connectivity index (χ2v) is 5.13. The smallest absolute Gasteiger partial charge is 0.0877 e. The number of aromatic nitrogens is 2. The number of nitrogens with zero attached hydrogens (tertiary/aromatic N) is 2. The summed E-state index contributed by atoms with van der Waals surface area (Å²) < 4.78 is 1.95. The number of aliphatic hydroxyl groups excluding tert-OH is 1. The lowest BCUT2D eigenvalue weighted by molar-refractivity contribution is -0.0474. The van der Waals surface area contributed by atoms with Crippen molar-refractivity contribution < 1.29 is 10.2 Å². The number of hydrogen-bond acceptors (Lipinski definition) is 3. The molecule has 1 unspecified atom stereocenters. The first kappa shape index (κ1) is 14.2. The van der Waals surface area contributed by atoms with Gasteiger partial charge in [0.25, 0.3) is 0 Å². The number of hydrogen-bond donors (Lipinski definition) is 2. The van der Waals surface area contributed by atoms with Crippen molar-refractivity contribution >= 4 is 0 Å². The van der Waals surface area contributed by atoms with E-state index in [1.165, 1.54) is 0 Å². The highest BCUT2D eigenvalue weighted by Crippen LogP contribution is 2.17. The SMILES string of the molecule is CCC(CC)n1ccc(CC(O)C(C)(C)O)n1. The molecule has 1 aromatic rings. The van der Waals surface area contributed by atoms with Crippen LogP contribution in [0.2, 0.25) is 0 Å². The lowest BCUT2D eigenvalue weighted by Gasteiger charge is -2.23. The van der Waals surface area contributed by atoms with E-state index in [0.717, 1.165) is 18.5 Å². The predicted octanol–water partition coefficient (Wildman–Crippen LogP) is 1.92. The molecule has 0 spiro atoms. The van der Waals surface area contributed by atoms with Crippen molar-refractivity contribution in [3.05, 3.63) is 18.0 Å². The molecule has 1 rings (SSSR count). The van der Waals surface area contributed by atoms with E-state index >= 15 is 0 Å². The maximum Gasteiger partial charge on any atom is 0.0877 e. The lowest BCUT2D eigenvalue weighted by Crippen LogP contribution is -2.37.